The normalized spacial score (nSPS) is 21.2. The second kappa shape index (κ2) is 21.4. The zero-order valence-corrected chi connectivity index (χ0v) is 33.9. The van der Waals surface area contributed by atoms with Crippen LogP contribution in [0, 0.1) is 11.8 Å². The molecule has 7 rings (SSSR count). The maximum absolute atomic E-state index is 13.7. The van der Waals surface area contributed by atoms with Gasteiger partial charge in [0.25, 0.3) is 0 Å². The molecular weight excluding hydrogens is 761 g/mol. The lowest BCUT2D eigenvalue weighted by Crippen LogP contribution is -2.44. The minimum atomic E-state index is -1.12. The number of aliphatic hydroxyl groups excluding tert-OH is 1. The summed E-state index contributed by atoms with van der Waals surface area (Å²) in [6.07, 6.45) is -6.74. The third-order valence-corrected chi connectivity index (χ3v) is 10.1. The van der Waals surface area contributed by atoms with E-state index in [0.717, 1.165) is 22.3 Å². The Kier molecular flexibility index (Phi) is 15.3. The number of carbonyl (C=O) groups is 1. The molecule has 312 valence electrons. The molecule has 10 heteroatoms. The van der Waals surface area contributed by atoms with Crippen molar-refractivity contribution in [1.29, 1.82) is 0 Å². The number of fused-ring (bicyclic) bond motifs is 1. The van der Waals surface area contributed by atoms with E-state index in [1.807, 2.05) is 141 Å². The smallest absolute Gasteiger partial charge is 0.338 e. The Morgan fingerprint density at radius 1 is 0.683 bits per heavy atom. The summed E-state index contributed by atoms with van der Waals surface area (Å²) in [6, 6.07) is 47.7. The molecule has 8 atom stereocenters. The Hall–Kier alpha value is -5.19. The quantitative estimate of drug-likeness (QED) is 0.0655. The Balaban J connectivity index is 1.17. The largest absolute Gasteiger partial charge is 0.455 e. The van der Waals surface area contributed by atoms with Gasteiger partial charge in [-0.05, 0) is 48.2 Å². The third-order valence-electron chi connectivity index (χ3n) is 10.1. The van der Waals surface area contributed by atoms with E-state index in [9.17, 15) is 9.90 Å². The molecule has 0 spiro atoms. The van der Waals surface area contributed by atoms with Gasteiger partial charge in [0.2, 0.25) is 0 Å². The Bertz CT molecular complexity index is 2090. The monoisotopic (exact) mass is 812 g/mol. The van der Waals surface area contributed by atoms with Gasteiger partial charge in [0, 0.05) is 6.42 Å². The topological polar surface area (TPSA) is 111 Å². The number of benzene rings is 5. The minimum absolute atomic E-state index is 0.0223. The average molecular weight is 813 g/mol. The first-order valence-corrected chi connectivity index (χ1v) is 20.3. The van der Waals surface area contributed by atoms with E-state index in [2.05, 4.69) is 11.8 Å². The van der Waals surface area contributed by atoms with Gasteiger partial charge in [-0.3, -0.25) is 0 Å². The highest BCUT2D eigenvalue weighted by atomic mass is 16.8. The van der Waals surface area contributed by atoms with Crippen molar-refractivity contribution in [2.75, 3.05) is 6.61 Å². The summed E-state index contributed by atoms with van der Waals surface area (Å²) >= 11 is 0. The van der Waals surface area contributed by atoms with E-state index in [4.69, 9.17) is 37.9 Å². The molecule has 1 N–H and O–H groups in total. The Morgan fingerprint density at radius 2 is 1.20 bits per heavy atom. The van der Waals surface area contributed by atoms with Crippen molar-refractivity contribution in [3.8, 4) is 11.8 Å². The fraction of sp³-hybridized carbons (Fsp3) is 0.340. The van der Waals surface area contributed by atoms with Crippen molar-refractivity contribution < 1.29 is 47.8 Å². The molecule has 0 aromatic heterocycles. The predicted octanol–water partition coefficient (Wildman–Crippen LogP) is 7.82. The molecule has 0 saturated carbocycles. The van der Waals surface area contributed by atoms with Crippen LogP contribution in [0.15, 0.2) is 152 Å². The molecule has 2 aliphatic heterocycles. The van der Waals surface area contributed by atoms with Crippen LogP contribution in [0.25, 0.3) is 0 Å². The molecule has 5 aromatic carbocycles. The molecule has 0 bridgehead atoms. The fourth-order valence-electron chi connectivity index (χ4n) is 7.14. The predicted molar refractivity (Wildman–Crippen MR) is 224 cm³/mol. The summed E-state index contributed by atoms with van der Waals surface area (Å²) < 4.78 is 50.7. The molecular formula is C50H52O10. The minimum Gasteiger partial charge on any atom is -0.455 e. The van der Waals surface area contributed by atoms with Gasteiger partial charge in [0.15, 0.2) is 12.1 Å². The van der Waals surface area contributed by atoms with E-state index in [1.54, 1.807) is 24.3 Å². The van der Waals surface area contributed by atoms with Crippen LogP contribution in [-0.4, -0.2) is 72.5 Å². The SMILES string of the molecule is CC1(C)O[C@H]2O[C@H]([C@@H](CC#C[C@H](OCc3ccccc3)[C@H](OCc3ccccc3)[C@H](O)COCc3ccccc3)OC(=O)c3ccccc3)[C@H](OCc3ccccc3)[C@H]2O1. The molecule has 10 nitrogen and oxygen atoms in total. The van der Waals surface area contributed by atoms with Crippen molar-refractivity contribution in [1.82, 2.24) is 0 Å². The summed E-state index contributed by atoms with van der Waals surface area (Å²) in [6.45, 7) is 4.58. The Morgan fingerprint density at radius 3 is 1.78 bits per heavy atom. The summed E-state index contributed by atoms with van der Waals surface area (Å²) in [5.41, 5.74) is 4.15. The van der Waals surface area contributed by atoms with Crippen LogP contribution in [-0.2, 0) is 64.3 Å². The average Bonchev–Trinajstić information content (AvgIpc) is 3.76. The van der Waals surface area contributed by atoms with Gasteiger partial charge >= 0.3 is 5.97 Å². The number of rotatable bonds is 19. The van der Waals surface area contributed by atoms with Crippen LogP contribution >= 0.6 is 0 Å². The molecule has 2 heterocycles. The van der Waals surface area contributed by atoms with Crippen LogP contribution in [0.5, 0.6) is 0 Å². The van der Waals surface area contributed by atoms with Crippen molar-refractivity contribution in [2.24, 2.45) is 0 Å². The van der Waals surface area contributed by atoms with Crippen LogP contribution in [0.3, 0.4) is 0 Å². The zero-order valence-electron chi connectivity index (χ0n) is 33.9. The summed E-state index contributed by atoms with van der Waals surface area (Å²) in [5, 5.41) is 11.7. The fourth-order valence-corrected chi connectivity index (χ4v) is 7.14. The molecule has 60 heavy (non-hydrogen) atoms. The number of hydrogen-bond acceptors (Lipinski definition) is 10. The molecule has 0 aliphatic carbocycles. The lowest BCUT2D eigenvalue weighted by atomic mass is 10.0. The van der Waals surface area contributed by atoms with Crippen molar-refractivity contribution in [3.63, 3.8) is 0 Å². The first-order chi connectivity index (χ1) is 29.3. The number of ether oxygens (including phenoxy) is 8. The van der Waals surface area contributed by atoms with Crippen LogP contribution in [0.4, 0.5) is 0 Å². The second-order valence-corrected chi connectivity index (χ2v) is 15.2. The molecule has 2 saturated heterocycles. The van der Waals surface area contributed by atoms with Gasteiger partial charge in [-0.2, -0.15) is 0 Å². The van der Waals surface area contributed by atoms with Gasteiger partial charge in [0.05, 0.1) is 38.6 Å². The first-order valence-electron chi connectivity index (χ1n) is 20.3. The molecule has 0 radical (unpaired) electrons. The maximum Gasteiger partial charge on any atom is 0.338 e. The van der Waals surface area contributed by atoms with Crippen molar-refractivity contribution >= 4 is 5.97 Å². The summed E-state index contributed by atoms with van der Waals surface area (Å²) in [7, 11) is 0. The van der Waals surface area contributed by atoms with Crippen molar-refractivity contribution in [3.05, 3.63) is 179 Å². The molecule has 0 amide bonds. The van der Waals surface area contributed by atoms with Crippen LogP contribution < -0.4 is 0 Å². The van der Waals surface area contributed by atoms with Gasteiger partial charge in [0.1, 0.15) is 42.7 Å². The number of carbonyl (C=O) groups excluding carboxylic acids is 1. The highest BCUT2D eigenvalue weighted by Gasteiger charge is 2.58. The summed E-state index contributed by atoms with van der Waals surface area (Å²) in [5.74, 6) is 5.05. The lowest BCUT2D eigenvalue weighted by Gasteiger charge is -2.30. The third kappa shape index (κ3) is 12.2. The number of hydrogen-bond donors (Lipinski definition) is 1. The van der Waals surface area contributed by atoms with E-state index < -0.39 is 60.8 Å². The maximum atomic E-state index is 13.7. The van der Waals surface area contributed by atoms with E-state index >= 15 is 0 Å². The molecule has 0 unspecified atom stereocenters. The second-order valence-electron chi connectivity index (χ2n) is 15.2. The molecule has 2 fully saturated rings. The highest BCUT2D eigenvalue weighted by molar-refractivity contribution is 5.89. The van der Waals surface area contributed by atoms with Crippen LogP contribution in [0.1, 0.15) is 52.9 Å². The van der Waals surface area contributed by atoms with Gasteiger partial charge in [-0.15, -0.1) is 0 Å². The van der Waals surface area contributed by atoms with Crippen molar-refractivity contribution in [2.45, 2.75) is 102 Å². The highest BCUT2D eigenvalue weighted by Crippen LogP contribution is 2.41. The molecule has 5 aromatic rings. The summed E-state index contributed by atoms with van der Waals surface area (Å²) in [4.78, 5) is 13.7. The Labute approximate surface area is 352 Å². The number of esters is 1. The van der Waals surface area contributed by atoms with E-state index in [0.29, 0.717) is 12.2 Å². The lowest BCUT2D eigenvalue weighted by molar-refractivity contribution is -0.230. The van der Waals surface area contributed by atoms with E-state index in [-0.39, 0.29) is 32.8 Å². The van der Waals surface area contributed by atoms with Crippen LogP contribution in [0.2, 0.25) is 0 Å². The standard InChI is InChI=1S/C50H52O10/c1-50(2)59-47-46(56-34-39-25-14-6-15-26-39)45(58-49(47)60-50)43(57-48(52)40-27-16-7-17-28-40)30-18-29-42(54-32-37-21-10-4-11-22-37)44(55-33-38-23-12-5-13-24-38)41(51)35-53-31-36-19-8-3-9-20-36/h3-17,19-28,41-47,49,51H,30-35H2,1-2H3/t41-,42+,43-,44-,45-,46+,47-,49-/m1/s1. The number of aliphatic hydroxyl groups is 1. The zero-order chi connectivity index (χ0) is 41.6. The van der Waals surface area contributed by atoms with Gasteiger partial charge in [-0.25, -0.2) is 4.79 Å². The first kappa shape index (κ1) is 42.9. The molecule has 2 aliphatic rings. The van der Waals surface area contributed by atoms with Gasteiger partial charge < -0.3 is 43.0 Å². The van der Waals surface area contributed by atoms with E-state index in [1.165, 1.54) is 0 Å². The van der Waals surface area contributed by atoms with Gasteiger partial charge in [-0.1, -0.05) is 151 Å².